The molecule has 1 aromatic carbocycles. The number of aromatic carboxylic acids is 2. The van der Waals surface area contributed by atoms with Gasteiger partial charge in [0.1, 0.15) is 5.75 Å². The Balaban J connectivity index is 2.01. The lowest BCUT2D eigenvalue weighted by molar-refractivity contribution is 0.0696. The Kier molecular flexibility index (Phi) is 16.6. The molecule has 1 rings (SSSR count). The van der Waals surface area contributed by atoms with E-state index in [0.29, 0.717) is 12.5 Å². The Morgan fingerprint density at radius 3 is 1.91 bits per heavy atom. The summed E-state index contributed by atoms with van der Waals surface area (Å²) in [6.45, 7) is 6.41. The number of hydrogen-bond acceptors (Lipinski definition) is 4. The summed E-state index contributed by atoms with van der Waals surface area (Å²) < 4.78 is 11.2. The largest absolute Gasteiger partial charge is 0.494 e. The summed E-state index contributed by atoms with van der Waals surface area (Å²) in [5.74, 6) is 10.6. The van der Waals surface area contributed by atoms with Crippen LogP contribution in [0.3, 0.4) is 0 Å². The van der Waals surface area contributed by atoms with Gasteiger partial charge in [0.15, 0.2) is 0 Å². The minimum atomic E-state index is -1.18. The zero-order valence-electron chi connectivity index (χ0n) is 21.2. The van der Waals surface area contributed by atoms with Crippen LogP contribution in [0.2, 0.25) is 0 Å². The maximum atomic E-state index is 11.1. The first-order valence-corrected chi connectivity index (χ1v) is 12.7. The van der Waals surface area contributed by atoms with Crippen molar-refractivity contribution in [2.45, 2.75) is 84.5 Å². The van der Waals surface area contributed by atoms with Gasteiger partial charge in [0.05, 0.1) is 17.7 Å². The highest BCUT2D eigenvalue weighted by Crippen LogP contribution is 2.18. The van der Waals surface area contributed by atoms with Crippen molar-refractivity contribution < 1.29 is 29.3 Å². The van der Waals surface area contributed by atoms with Crippen LogP contribution < -0.4 is 4.74 Å². The molecule has 0 amide bonds. The molecule has 2 N–H and O–H groups in total. The minimum absolute atomic E-state index is 0.0883. The molecule has 0 aromatic heterocycles. The Labute approximate surface area is 210 Å². The van der Waals surface area contributed by atoms with E-state index < -0.39 is 11.9 Å². The lowest BCUT2D eigenvalue weighted by Gasteiger charge is -2.08. The second-order valence-corrected chi connectivity index (χ2v) is 8.73. The SMILES string of the molecule is CCC(C)COCCCC#CC#CCCCCCCCCCOc1cc(C(=O)O)cc(C(=O)O)c1. The molecule has 1 unspecified atom stereocenters. The van der Waals surface area contributed by atoms with Crippen molar-refractivity contribution in [1.82, 2.24) is 0 Å². The monoisotopic (exact) mass is 484 g/mol. The van der Waals surface area contributed by atoms with Gasteiger partial charge >= 0.3 is 11.9 Å². The Morgan fingerprint density at radius 2 is 1.34 bits per heavy atom. The van der Waals surface area contributed by atoms with Gasteiger partial charge in [0, 0.05) is 26.1 Å². The molecule has 6 nitrogen and oxygen atoms in total. The zero-order chi connectivity index (χ0) is 25.7. The predicted octanol–water partition coefficient (Wildman–Crippen LogP) is 6.43. The quantitative estimate of drug-likeness (QED) is 0.184. The molecule has 0 bridgehead atoms. The minimum Gasteiger partial charge on any atom is -0.494 e. The van der Waals surface area contributed by atoms with Crippen LogP contribution in [-0.4, -0.2) is 42.0 Å². The average molecular weight is 485 g/mol. The van der Waals surface area contributed by atoms with Crippen molar-refractivity contribution in [3.05, 3.63) is 29.3 Å². The van der Waals surface area contributed by atoms with Gasteiger partial charge in [-0.3, -0.25) is 0 Å². The van der Waals surface area contributed by atoms with Crippen LogP contribution in [0.1, 0.15) is 105 Å². The lowest BCUT2D eigenvalue weighted by atomic mass is 10.1. The number of unbranched alkanes of at least 4 members (excludes halogenated alkanes) is 8. The molecule has 1 aromatic rings. The second-order valence-electron chi connectivity index (χ2n) is 8.73. The summed E-state index contributed by atoms with van der Waals surface area (Å²) in [6.07, 6.45) is 11.4. The van der Waals surface area contributed by atoms with E-state index in [2.05, 4.69) is 37.5 Å². The number of carboxylic acid groups (broad SMARTS) is 2. The second kappa shape index (κ2) is 19.4. The van der Waals surface area contributed by atoms with Gasteiger partial charge in [0.25, 0.3) is 0 Å². The molecule has 0 spiro atoms. The Morgan fingerprint density at radius 1 is 0.800 bits per heavy atom. The molecule has 6 heteroatoms. The first-order chi connectivity index (χ1) is 16.9. The number of hydrogen-bond donors (Lipinski definition) is 2. The third-order valence-electron chi connectivity index (χ3n) is 5.54. The number of ether oxygens (including phenoxy) is 2. The highest BCUT2D eigenvalue weighted by Gasteiger charge is 2.12. The van der Waals surface area contributed by atoms with Crippen molar-refractivity contribution in [1.29, 1.82) is 0 Å². The molecule has 0 fully saturated rings. The van der Waals surface area contributed by atoms with Gasteiger partial charge in [-0.05, 0) is 55.2 Å². The molecule has 0 saturated heterocycles. The average Bonchev–Trinajstić information content (AvgIpc) is 2.84. The predicted molar refractivity (Wildman–Crippen MR) is 138 cm³/mol. The van der Waals surface area contributed by atoms with Crippen molar-refractivity contribution in [2.75, 3.05) is 19.8 Å². The fraction of sp³-hybridized carbons (Fsp3) is 0.586. The van der Waals surface area contributed by atoms with Crippen molar-refractivity contribution in [3.8, 4) is 29.4 Å². The van der Waals surface area contributed by atoms with Gasteiger partial charge in [-0.15, -0.1) is 0 Å². The highest BCUT2D eigenvalue weighted by molar-refractivity contribution is 5.94. The van der Waals surface area contributed by atoms with Crippen molar-refractivity contribution in [2.24, 2.45) is 5.92 Å². The van der Waals surface area contributed by atoms with E-state index in [1.54, 1.807) is 0 Å². The summed E-state index contributed by atoms with van der Waals surface area (Å²) in [5, 5.41) is 18.2. The number of benzene rings is 1. The number of carboxylic acids is 2. The van der Waals surface area contributed by atoms with Gasteiger partial charge in [-0.2, -0.15) is 0 Å². The van der Waals surface area contributed by atoms with Crippen LogP contribution in [0.15, 0.2) is 18.2 Å². The van der Waals surface area contributed by atoms with E-state index in [1.165, 1.54) is 18.6 Å². The van der Waals surface area contributed by atoms with Crippen molar-refractivity contribution in [3.63, 3.8) is 0 Å². The van der Waals surface area contributed by atoms with Crippen LogP contribution in [-0.2, 0) is 4.74 Å². The molecule has 0 aliphatic carbocycles. The van der Waals surface area contributed by atoms with Crippen LogP contribution in [0.25, 0.3) is 0 Å². The van der Waals surface area contributed by atoms with Gasteiger partial charge in [-0.25, -0.2) is 9.59 Å². The van der Waals surface area contributed by atoms with E-state index in [4.69, 9.17) is 19.7 Å². The molecule has 0 radical (unpaired) electrons. The van der Waals surface area contributed by atoms with Gasteiger partial charge in [-0.1, -0.05) is 64.2 Å². The summed E-state index contributed by atoms with van der Waals surface area (Å²) >= 11 is 0. The summed E-state index contributed by atoms with van der Waals surface area (Å²) in [5.41, 5.74) is -0.177. The molecule has 0 aliphatic heterocycles. The van der Waals surface area contributed by atoms with Crippen LogP contribution in [0.4, 0.5) is 0 Å². The van der Waals surface area contributed by atoms with E-state index in [0.717, 1.165) is 83.5 Å². The maximum Gasteiger partial charge on any atom is 0.335 e. The van der Waals surface area contributed by atoms with E-state index in [9.17, 15) is 9.59 Å². The molecule has 0 aliphatic rings. The molecule has 192 valence electrons. The molecule has 0 heterocycles. The maximum absolute atomic E-state index is 11.1. The normalized spacial score (nSPS) is 11.0. The van der Waals surface area contributed by atoms with E-state index >= 15 is 0 Å². The van der Waals surface area contributed by atoms with Crippen LogP contribution >= 0.6 is 0 Å². The standard InChI is InChI=1S/C29H40O6/c1-3-24(2)23-34-18-16-14-12-10-8-6-4-5-7-9-11-13-15-17-19-35-27-21-25(28(30)31)20-26(22-27)29(32)33/h20-22,24H,3-5,7,9,11,13-19,23H2,1-2H3,(H,30,31)(H,32,33). The first-order valence-electron chi connectivity index (χ1n) is 12.7. The van der Waals surface area contributed by atoms with Gasteiger partial charge < -0.3 is 19.7 Å². The first kappa shape index (κ1) is 30.1. The van der Waals surface area contributed by atoms with E-state index in [1.807, 2.05) is 0 Å². The number of rotatable bonds is 18. The Bertz CT molecular complexity index is 852. The van der Waals surface area contributed by atoms with Crippen LogP contribution in [0, 0.1) is 29.6 Å². The third-order valence-corrected chi connectivity index (χ3v) is 5.54. The molecular weight excluding hydrogens is 444 g/mol. The van der Waals surface area contributed by atoms with Gasteiger partial charge in [0.2, 0.25) is 0 Å². The Hall–Kier alpha value is -2.96. The molecular formula is C29H40O6. The summed E-state index contributed by atoms with van der Waals surface area (Å²) in [6, 6.07) is 3.84. The fourth-order valence-corrected chi connectivity index (χ4v) is 3.20. The zero-order valence-corrected chi connectivity index (χ0v) is 21.2. The van der Waals surface area contributed by atoms with Crippen LogP contribution in [0.5, 0.6) is 5.75 Å². The smallest absolute Gasteiger partial charge is 0.335 e. The number of carbonyl (C=O) groups is 2. The molecule has 35 heavy (non-hydrogen) atoms. The summed E-state index contributed by atoms with van der Waals surface area (Å²) in [7, 11) is 0. The molecule has 0 saturated carbocycles. The molecule has 1 atom stereocenters. The topological polar surface area (TPSA) is 93.1 Å². The third kappa shape index (κ3) is 15.5. The highest BCUT2D eigenvalue weighted by atomic mass is 16.5. The lowest BCUT2D eigenvalue weighted by Crippen LogP contribution is -2.05. The van der Waals surface area contributed by atoms with Crippen molar-refractivity contribution >= 4 is 11.9 Å². The fourth-order valence-electron chi connectivity index (χ4n) is 3.20. The van der Waals surface area contributed by atoms with E-state index in [-0.39, 0.29) is 16.9 Å². The summed E-state index contributed by atoms with van der Waals surface area (Å²) in [4.78, 5) is 22.3.